The lowest BCUT2D eigenvalue weighted by atomic mass is 10.1. The molecule has 0 radical (unpaired) electrons. The number of nitrogen functional groups attached to an aromatic ring is 1. The minimum Gasteiger partial charge on any atom is -0.399 e. The Balaban J connectivity index is 2.20. The zero-order valence-electron chi connectivity index (χ0n) is 11.5. The molecule has 0 amide bonds. The first kappa shape index (κ1) is 15.3. The van der Waals surface area contributed by atoms with E-state index in [-0.39, 0.29) is 11.5 Å². The van der Waals surface area contributed by atoms with E-state index in [4.69, 9.17) is 10.8 Å². The number of aliphatic hydroxyl groups excluding tert-OH is 1. The number of aliphatic hydroxyl groups is 1. The van der Waals surface area contributed by atoms with Gasteiger partial charge in [0.2, 0.25) is 0 Å². The molecular formula is C15H18N2O3S. The zero-order chi connectivity index (χ0) is 15.3. The Hall–Kier alpha value is -2.05. The molecule has 0 atom stereocenters. The molecule has 0 aliphatic heterocycles. The molecule has 5 nitrogen and oxygen atoms in total. The van der Waals surface area contributed by atoms with E-state index in [2.05, 4.69) is 4.72 Å². The van der Waals surface area contributed by atoms with Crippen LogP contribution in [0.4, 0.5) is 11.4 Å². The van der Waals surface area contributed by atoms with Crippen molar-refractivity contribution in [3.8, 4) is 0 Å². The Morgan fingerprint density at radius 1 is 1.10 bits per heavy atom. The number of aryl methyl sites for hydroxylation is 1. The van der Waals surface area contributed by atoms with Crippen molar-refractivity contribution in [1.29, 1.82) is 0 Å². The number of sulfonamides is 1. The summed E-state index contributed by atoms with van der Waals surface area (Å²) in [6.45, 7) is 0.110. The summed E-state index contributed by atoms with van der Waals surface area (Å²) in [6, 6.07) is 13.3. The van der Waals surface area contributed by atoms with Crippen LogP contribution < -0.4 is 10.5 Å². The van der Waals surface area contributed by atoms with Gasteiger partial charge in [0.15, 0.2) is 0 Å². The second-order valence-corrected chi connectivity index (χ2v) is 6.39. The third kappa shape index (κ3) is 4.21. The van der Waals surface area contributed by atoms with E-state index in [1.165, 1.54) is 12.1 Å². The molecule has 0 saturated heterocycles. The van der Waals surface area contributed by atoms with E-state index in [9.17, 15) is 8.42 Å². The van der Waals surface area contributed by atoms with Crippen LogP contribution in [0.3, 0.4) is 0 Å². The quantitative estimate of drug-likeness (QED) is 0.712. The van der Waals surface area contributed by atoms with Crippen LogP contribution >= 0.6 is 0 Å². The molecule has 0 saturated carbocycles. The van der Waals surface area contributed by atoms with E-state index in [0.29, 0.717) is 24.2 Å². The third-order valence-corrected chi connectivity index (χ3v) is 4.35. The summed E-state index contributed by atoms with van der Waals surface area (Å²) in [5, 5.41) is 8.83. The lowest BCUT2D eigenvalue weighted by molar-refractivity contribution is 0.288. The predicted octanol–water partition coefficient (Wildman–Crippen LogP) is 1.99. The summed E-state index contributed by atoms with van der Waals surface area (Å²) < 4.78 is 27.1. The van der Waals surface area contributed by atoms with Gasteiger partial charge < -0.3 is 10.8 Å². The molecule has 4 N–H and O–H groups in total. The monoisotopic (exact) mass is 306 g/mol. The second-order valence-electron chi connectivity index (χ2n) is 4.71. The van der Waals surface area contributed by atoms with Gasteiger partial charge in [-0.1, -0.05) is 18.2 Å². The molecule has 0 bridgehead atoms. The van der Waals surface area contributed by atoms with Gasteiger partial charge in [0, 0.05) is 18.0 Å². The van der Waals surface area contributed by atoms with Gasteiger partial charge in [-0.2, -0.15) is 0 Å². The van der Waals surface area contributed by atoms with E-state index < -0.39 is 10.0 Å². The van der Waals surface area contributed by atoms with E-state index >= 15 is 0 Å². The molecule has 2 aromatic rings. The summed E-state index contributed by atoms with van der Waals surface area (Å²) >= 11 is 0. The van der Waals surface area contributed by atoms with Crippen molar-refractivity contribution < 1.29 is 13.5 Å². The van der Waals surface area contributed by atoms with Crippen molar-refractivity contribution in [3.05, 3.63) is 54.1 Å². The molecule has 21 heavy (non-hydrogen) atoms. The number of hydrogen-bond acceptors (Lipinski definition) is 4. The van der Waals surface area contributed by atoms with Crippen LogP contribution in [0.1, 0.15) is 12.0 Å². The summed E-state index contributed by atoms with van der Waals surface area (Å²) in [5.74, 6) is 0. The summed E-state index contributed by atoms with van der Waals surface area (Å²) in [5.41, 5.74) is 7.47. The maximum absolute atomic E-state index is 12.3. The molecule has 0 aromatic heterocycles. The molecule has 0 spiro atoms. The molecule has 2 rings (SSSR count). The van der Waals surface area contributed by atoms with Gasteiger partial charge in [-0.05, 0) is 48.7 Å². The predicted molar refractivity (Wildman–Crippen MR) is 83.5 cm³/mol. The number of nitrogens with two attached hydrogens (primary N) is 1. The molecule has 0 aliphatic rings. The van der Waals surface area contributed by atoms with Crippen LogP contribution in [0.5, 0.6) is 0 Å². The standard InChI is InChI=1S/C15H18N2O3S/c16-13-6-2-8-15(11-13)21(19,20)17-14-7-1-4-12(10-14)5-3-9-18/h1-2,4,6-8,10-11,17-18H,3,5,9,16H2. The number of anilines is 2. The van der Waals surface area contributed by atoms with Gasteiger partial charge >= 0.3 is 0 Å². The lowest BCUT2D eigenvalue weighted by Gasteiger charge is -2.10. The topological polar surface area (TPSA) is 92.4 Å². The molecule has 112 valence electrons. The lowest BCUT2D eigenvalue weighted by Crippen LogP contribution is -2.13. The van der Waals surface area contributed by atoms with Crippen LogP contribution in [0.25, 0.3) is 0 Å². The maximum Gasteiger partial charge on any atom is 0.261 e. The van der Waals surface area contributed by atoms with Crippen molar-refractivity contribution in [1.82, 2.24) is 0 Å². The molecule has 6 heteroatoms. The highest BCUT2D eigenvalue weighted by molar-refractivity contribution is 7.92. The first-order valence-corrected chi connectivity index (χ1v) is 8.08. The van der Waals surface area contributed by atoms with Crippen LogP contribution in [-0.4, -0.2) is 20.1 Å². The number of hydrogen-bond donors (Lipinski definition) is 3. The smallest absolute Gasteiger partial charge is 0.261 e. The number of benzene rings is 2. The van der Waals surface area contributed by atoms with Crippen molar-refractivity contribution in [3.63, 3.8) is 0 Å². The largest absolute Gasteiger partial charge is 0.399 e. The van der Waals surface area contributed by atoms with Crippen LogP contribution in [0.15, 0.2) is 53.4 Å². The fourth-order valence-corrected chi connectivity index (χ4v) is 3.07. The van der Waals surface area contributed by atoms with Crippen molar-refractivity contribution in [2.75, 3.05) is 17.1 Å². The SMILES string of the molecule is Nc1cccc(S(=O)(=O)Nc2cccc(CCCO)c2)c1. The molecule has 0 fully saturated rings. The third-order valence-electron chi connectivity index (χ3n) is 2.97. The fourth-order valence-electron chi connectivity index (χ4n) is 1.97. The average molecular weight is 306 g/mol. The molecule has 0 unspecified atom stereocenters. The Morgan fingerprint density at radius 3 is 2.57 bits per heavy atom. The van der Waals surface area contributed by atoms with Gasteiger partial charge in [-0.3, -0.25) is 4.72 Å². The van der Waals surface area contributed by atoms with E-state index in [1.807, 2.05) is 6.07 Å². The van der Waals surface area contributed by atoms with Crippen LogP contribution in [-0.2, 0) is 16.4 Å². The van der Waals surface area contributed by atoms with Gasteiger partial charge in [0.05, 0.1) is 4.90 Å². The molecule has 2 aromatic carbocycles. The van der Waals surface area contributed by atoms with Gasteiger partial charge in [0.1, 0.15) is 0 Å². The van der Waals surface area contributed by atoms with E-state index in [1.54, 1.807) is 30.3 Å². The summed E-state index contributed by atoms with van der Waals surface area (Å²) in [4.78, 5) is 0.128. The van der Waals surface area contributed by atoms with Crippen molar-refractivity contribution in [2.24, 2.45) is 0 Å². The summed E-state index contributed by atoms with van der Waals surface area (Å²) in [7, 11) is -3.65. The fraction of sp³-hybridized carbons (Fsp3) is 0.200. The van der Waals surface area contributed by atoms with E-state index in [0.717, 1.165) is 5.56 Å². The highest BCUT2D eigenvalue weighted by atomic mass is 32.2. The summed E-state index contributed by atoms with van der Waals surface area (Å²) in [6.07, 6.45) is 1.34. The van der Waals surface area contributed by atoms with Crippen LogP contribution in [0, 0.1) is 0 Å². The first-order chi connectivity index (χ1) is 10.0. The minimum absolute atomic E-state index is 0.110. The first-order valence-electron chi connectivity index (χ1n) is 6.59. The minimum atomic E-state index is -3.65. The van der Waals surface area contributed by atoms with Crippen LogP contribution in [0.2, 0.25) is 0 Å². The number of rotatable bonds is 6. The normalized spacial score (nSPS) is 11.3. The highest BCUT2D eigenvalue weighted by Gasteiger charge is 2.14. The van der Waals surface area contributed by atoms with Gasteiger partial charge in [0.25, 0.3) is 10.0 Å². The Morgan fingerprint density at radius 2 is 1.86 bits per heavy atom. The van der Waals surface area contributed by atoms with Gasteiger partial charge in [-0.15, -0.1) is 0 Å². The molecular weight excluding hydrogens is 288 g/mol. The Kier molecular flexibility index (Phi) is 4.82. The van der Waals surface area contributed by atoms with Crippen molar-refractivity contribution >= 4 is 21.4 Å². The number of nitrogens with one attached hydrogen (secondary N) is 1. The Labute approximate surface area is 124 Å². The van der Waals surface area contributed by atoms with Gasteiger partial charge in [-0.25, -0.2) is 8.42 Å². The molecule has 0 heterocycles. The van der Waals surface area contributed by atoms with Crippen molar-refractivity contribution in [2.45, 2.75) is 17.7 Å². The Bertz CT molecular complexity index is 714. The highest BCUT2D eigenvalue weighted by Crippen LogP contribution is 2.19. The zero-order valence-corrected chi connectivity index (χ0v) is 12.3. The molecule has 0 aliphatic carbocycles. The average Bonchev–Trinajstić information content (AvgIpc) is 2.45. The second kappa shape index (κ2) is 6.60. The maximum atomic E-state index is 12.3.